The van der Waals surface area contributed by atoms with Crippen LogP contribution in [0.2, 0.25) is 0 Å². The number of carboxylic acid groups (broad SMARTS) is 1. The second kappa shape index (κ2) is 9.59. The molecule has 154 valence electrons. The summed E-state index contributed by atoms with van der Waals surface area (Å²) in [5.74, 6) is 0.0493. The molecule has 0 saturated carbocycles. The molecule has 4 rings (SSSR count). The van der Waals surface area contributed by atoms with Gasteiger partial charge in [-0.05, 0) is 48.2 Å². The lowest BCUT2D eigenvalue weighted by Crippen LogP contribution is -2.46. The van der Waals surface area contributed by atoms with Crippen molar-refractivity contribution in [3.05, 3.63) is 102 Å². The van der Waals surface area contributed by atoms with Gasteiger partial charge in [-0.2, -0.15) is 0 Å². The molecule has 0 amide bonds. The molecule has 0 spiro atoms. The first-order chi connectivity index (χ1) is 14.7. The lowest BCUT2D eigenvalue weighted by atomic mass is 9.91. The Morgan fingerprint density at radius 3 is 2.37 bits per heavy atom. The average Bonchev–Trinajstić information content (AvgIpc) is 2.80. The number of ether oxygens (including phenoxy) is 1. The largest absolute Gasteiger partial charge is 0.489 e. The lowest BCUT2D eigenvalue weighted by molar-refractivity contribution is -0.145. The van der Waals surface area contributed by atoms with Crippen LogP contribution < -0.4 is 4.74 Å². The number of aliphatic carboxylic acids is 1. The third-order valence-electron chi connectivity index (χ3n) is 5.70. The minimum atomic E-state index is -0.743. The van der Waals surface area contributed by atoms with E-state index in [9.17, 15) is 9.90 Å². The van der Waals surface area contributed by atoms with Crippen LogP contribution in [0.25, 0.3) is 0 Å². The van der Waals surface area contributed by atoms with Crippen LogP contribution in [0.15, 0.2) is 84.9 Å². The summed E-state index contributed by atoms with van der Waals surface area (Å²) in [6.45, 7) is 1.27. The summed E-state index contributed by atoms with van der Waals surface area (Å²) in [6, 6.07) is 27.7. The van der Waals surface area contributed by atoms with E-state index in [4.69, 9.17) is 4.74 Å². The third-order valence-corrected chi connectivity index (χ3v) is 5.70. The lowest BCUT2D eigenvalue weighted by Gasteiger charge is -2.39. The van der Waals surface area contributed by atoms with Crippen LogP contribution in [-0.4, -0.2) is 28.6 Å². The predicted molar refractivity (Wildman–Crippen MR) is 117 cm³/mol. The minimum Gasteiger partial charge on any atom is -0.489 e. The molecule has 4 nitrogen and oxygen atoms in total. The van der Waals surface area contributed by atoms with Gasteiger partial charge in [-0.1, -0.05) is 79.2 Å². The Bertz CT molecular complexity index is 958. The van der Waals surface area contributed by atoms with Gasteiger partial charge in [0.05, 0.1) is 6.04 Å². The van der Waals surface area contributed by atoms with Gasteiger partial charge in [0, 0.05) is 0 Å². The molecule has 2 atom stereocenters. The highest BCUT2D eigenvalue weighted by atomic mass is 16.5. The molecule has 3 aromatic rings. The first-order valence-electron chi connectivity index (χ1n) is 10.5. The molecule has 1 aliphatic heterocycles. The van der Waals surface area contributed by atoms with Gasteiger partial charge in [0.15, 0.2) is 0 Å². The molecular weight excluding hydrogens is 374 g/mol. The molecule has 0 radical (unpaired) electrons. The molecule has 3 aromatic carbocycles. The van der Waals surface area contributed by atoms with Gasteiger partial charge in [0.25, 0.3) is 0 Å². The highest BCUT2D eigenvalue weighted by Crippen LogP contribution is 2.35. The maximum absolute atomic E-state index is 12.0. The van der Waals surface area contributed by atoms with Crippen molar-refractivity contribution in [1.29, 1.82) is 0 Å². The normalized spacial score (nSPS) is 17.9. The van der Waals surface area contributed by atoms with E-state index in [1.165, 1.54) is 0 Å². The van der Waals surface area contributed by atoms with Gasteiger partial charge < -0.3 is 9.84 Å². The summed E-state index contributed by atoms with van der Waals surface area (Å²) < 4.78 is 6.05. The van der Waals surface area contributed by atoms with Crippen LogP contribution >= 0.6 is 0 Å². The van der Waals surface area contributed by atoms with Gasteiger partial charge in [0.2, 0.25) is 0 Å². The number of piperidine rings is 1. The van der Waals surface area contributed by atoms with Crippen LogP contribution in [-0.2, 0) is 11.4 Å². The van der Waals surface area contributed by atoms with E-state index >= 15 is 0 Å². The monoisotopic (exact) mass is 401 g/mol. The molecule has 0 bridgehead atoms. The Hall–Kier alpha value is -3.11. The van der Waals surface area contributed by atoms with E-state index in [0.29, 0.717) is 13.0 Å². The number of carbonyl (C=O) groups is 1. The van der Waals surface area contributed by atoms with E-state index in [1.54, 1.807) is 0 Å². The molecule has 1 saturated heterocycles. The Balaban J connectivity index is 1.64. The number of benzene rings is 3. The quantitative estimate of drug-likeness (QED) is 0.584. The second-order valence-electron chi connectivity index (χ2n) is 7.75. The maximum atomic E-state index is 12.0. The van der Waals surface area contributed by atoms with E-state index in [1.807, 2.05) is 66.7 Å². The third kappa shape index (κ3) is 4.71. The summed E-state index contributed by atoms with van der Waals surface area (Å²) in [5, 5.41) is 9.85. The SMILES string of the molecule is O=C(O)C1CCCCN1C(c1ccccc1)c1cccc(OCc2ccccc2)c1. The smallest absolute Gasteiger partial charge is 0.320 e. The molecule has 1 fully saturated rings. The van der Waals surface area contributed by atoms with Gasteiger partial charge in [0.1, 0.15) is 18.4 Å². The van der Waals surface area contributed by atoms with Crippen molar-refractivity contribution in [2.45, 2.75) is 38.0 Å². The molecule has 0 aromatic heterocycles. The Kier molecular flexibility index (Phi) is 6.45. The molecule has 1 N–H and O–H groups in total. The van der Waals surface area contributed by atoms with Crippen molar-refractivity contribution >= 4 is 5.97 Å². The van der Waals surface area contributed by atoms with Crippen LogP contribution in [0.3, 0.4) is 0 Å². The van der Waals surface area contributed by atoms with Gasteiger partial charge in [-0.3, -0.25) is 9.69 Å². The van der Waals surface area contributed by atoms with Crippen molar-refractivity contribution < 1.29 is 14.6 Å². The second-order valence-corrected chi connectivity index (χ2v) is 7.75. The Morgan fingerprint density at radius 2 is 1.63 bits per heavy atom. The zero-order valence-electron chi connectivity index (χ0n) is 17.0. The average molecular weight is 402 g/mol. The van der Waals surface area contributed by atoms with Gasteiger partial charge in [-0.15, -0.1) is 0 Å². The molecule has 1 aliphatic rings. The standard InChI is InChI=1S/C26H27NO3/c28-26(29)24-16-7-8-17-27(24)25(21-12-5-2-6-13-21)22-14-9-15-23(18-22)30-19-20-10-3-1-4-11-20/h1-6,9-15,18,24-25H,7-8,16-17,19H2,(H,28,29). The van der Waals surface area contributed by atoms with Gasteiger partial charge >= 0.3 is 5.97 Å². The van der Waals surface area contributed by atoms with Crippen molar-refractivity contribution in [2.75, 3.05) is 6.54 Å². The number of likely N-dealkylation sites (tertiary alicyclic amines) is 1. The molecule has 30 heavy (non-hydrogen) atoms. The fraction of sp³-hybridized carbons (Fsp3) is 0.269. The van der Waals surface area contributed by atoms with E-state index in [0.717, 1.165) is 41.8 Å². The summed E-state index contributed by atoms with van der Waals surface area (Å²) in [6.07, 6.45) is 2.65. The highest BCUT2D eigenvalue weighted by Gasteiger charge is 2.35. The molecular formula is C26H27NO3. The number of rotatable bonds is 7. The van der Waals surface area contributed by atoms with Crippen molar-refractivity contribution in [3.8, 4) is 5.75 Å². The topological polar surface area (TPSA) is 49.8 Å². The summed E-state index contributed by atoms with van der Waals surface area (Å²) in [5.41, 5.74) is 3.27. The molecule has 2 unspecified atom stereocenters. The summed E-state index contributed by atoms with van der Waals surface area (Å²) >= 11 is 0. The predicted octanol–water partition coefficient (Wildman–Crippen LogP) is 5.29. The van der Waals surface area contributed by atoms with E-state index in [-0.39, 0.29) is 6.04 Å². The zero-order chi connectivity index (χ0) is 20.8. The first-order valence-corrected chi connectivity index (χ1v) is 10.5. The van der Waals surface area contributed by atoms with Crippen LogP contribution in [0.5, 0.6) is 5.75 Å². The Morgan fingerprint density at radius 1 is 0.933 bits per heavy atom. The van der Waals surface area contributed by atoms with Crippen molar-refractivity contribution in [2.24, 2.45) is 0 Å². The molecule has 0 aliphatic carbocycles. The van der Waals surface area contributed by atoms with Gasteiger partial charge in [-0.25, -0.2) is 0 Å². The van der Waals surface area contributed by atoms with Crippen molar-refractivity contribution in [1.82, 2.24) is 4.90 Å². The van der Waals surface area contributed by atoms with E-state index in [2.05, 4.69) is 23.1 Å². The fourth-order valence-corrected chi connectivity index (χ4v) is 4.25. The first kappa shape index (κ1) is 20.2. The fourth-order valence-electron chi connectivity index (χ4n) is 4.25. The van der Waals surface area contributed by atoms with E-state index < -0.39 is 12.0 Å². The van der Waals surface area contributed by atoms with Crippen LogP contribution in [0, 0.1) is 0 Å². The maximum Gasteiger partial charge on any atom is 0.320 e. The summed E-state index contributed by atoms with van der Waals surface area (Å²) in [7, 11) is 0. The number of hydrogen-bond acceptors (Lipinski definition) is 3. The summed E-state index contributed by atoms with van der Waals surface area (Å²) in [4.78, 5) is 14.1. The number of nitrogens with zero attached hydrogens (tertiary/aromatic N) is 1. The molecule has 4 heteroatoms. The molecule has 1 heterocycles. The van der Waals surface area contributed by atoms with Crippen LogP contribution in [0.1, 0.15) is 42.0 Å². The number of hydrogen-bond donors (Lipinski definition) is 1. The van der Waals surface area contributed by atoms with Crippen molar-refractivity contribution in [3.63, 3.8) is 0 Å². The zero-order valence-corrected chi connectivity index (χ0v) is 17.0. The Labute approximate surface area is 177 Å². The highest BCUT2D eigenvalue weighted by molar-refractivity contribution is 5.73. The number of carboxylic acids is 1. The van der Waals surface area contributed by atoms with Crippen LogP contribution in [0.4, 0.5) is 0 Å². The minimum absolute atomic E-state index is 0.118.